The van der Waals surface area contributed by atoms with E-state index >= 15 is 0 Å². The van der Waals surface area contributed by atoms with Gasteiger partial charge >= 0.3 is 83.6 Å². The van der Waals surface area contributed by atoms with Crippen molar-refractivity contribution in [3.8, 4) is 0 Å². The van der Waals surface area contributed by atoms with Crippen LogP contribution < -0.4 is 0 Å². The summed E-state index contributed by atoms with van der Waals surface area (Å²) in [4.78, 5) is 178. The van der Waals surface area contributed by atoms with E-state index in [-0.39, 0.29) is 0 Å². The number of carbonyl (C=O) groups excluding carboxylic acids is 14. The van der Waals surface area contributed by atoms with Gasteiger partial charge in [0.2, 0.25) is 12.6 Å². The maximum atomic E-state index is 13.2. The topological polar surface area (TPSA) is 433 Å². The van der Waals surface area contributed by atoms with Crippen LogP contribution in [0.5, 0.6) is 0 Å². The molecule has 488 valence electrons. The fourth-order valence-corrected chi connectivity index (χ4v) is 9.30. The van der Waals surface area contributed by atoms with Crippen LogP contribution in [0.1, 0.15) is 96.9 Å². The van der Waals surface area contributed by atoms with E-state index in [4.69, 9.17) is 99.5 Å². The van der Waals surface area contributed by atoms with Crippen LogP contribution >= 0.6 is 0 Å². The van der Waals surface area contributed by atoms with Gasteiger partial charge in [0.15, 0.2) is 73.6 Å². The lowest BCUT2D eigenvalue weighted by Gasteiger charge is -2.50. The van der Waals surface area contributed by atoms with Crippen LogP contribution in [0.3, 0.4) is 0 Å². The average molecular weight is 1260 g/mol. The van der Waals surface area contributed by atoms with Crippen LogP contribution in [0.15, 0.2) is 0 Å². The maximum absolute atomic E-state index is 13.2. The Kier molecular flexibility index (Phi) is 27.1. The molecule has 0 aromatic rings. The van der Waals surface area contributed by atoms with Crippen LogP contribution in [0, 0.1) is 0 Å². The van der Waals surface area contributed by atoms with Crippen molar-refractivity contribution in [1.29, 1.82) is 0 Å². The van der Waals surface area contributed by atoms with E-state index < -0.39 is 233 Å². The zero-order valence-electron chi connectivity index (χ0n) is 49.7. The molecule has 0 aromatic carbocycles. The minimum Gasteiger partial charge on any atom is -0.463 e. The second-order valence-electron chi connectivity index (χ2n) is 19.5. The Hall–Kier alpha value is -7.70. The Bertz CT molecular complexity index is 2360. The lowest BCUT2D eigenvalue weighted by Crippen LogP contribution is -2.69. The molecule has 20 atom stereocenters. The van der Waals surface area contributed by atoms with E-state index in [1.807, 2.05) is 0 Å². The first-order valence-corrected chi connectivity index (χ1v) is 26.5. The highest BCUT2D eigenvalue weighted by Gasteiger charge is 2.62. The standard InChI is InChI=1S/C52H70O35/c1-19(53)67-15-33-37(71-23(5)57)41(73-25(7)59)45(77-29(11)63)49(81-33)85-39-35(17-69-21(3)55)83-51(47(79-31(13)65)43(39)75-27(9)61)87-52-48(80-32(14)66)44(76-28(10)62)40(36(84-52)18-70-22(4)56)86-50-46(78-30(12)64)42(74-26(8)60)38(72-24(6)58)34(82-50)16-68-20(2)54/h33-52H,15-18H2,1-14H3/t33-,34-,35-,36-,37+,38+,39-,40+,41+,42+,43+,44+,45-,46-,47-,48-,49+,50+,51+,52+/m1/s1. The summed E-state index contributed by atoms with van der Waals surface area (Å²) in [6.07, 6.45) is -39.0. The summed E-state index contributed by atoms with van der Waals surface area (Å²) in [6.45, 7) is 9.84. The highest BCUT2D eigenvalue weighted by Crippen LogP contribution is 2.40. The van der Waals surface area contributed by atoms with Gasteiger partial charge in [0.25, 0.3) is 0 Å². The normalized spacial score (nSPS) is 31.9. The number of ether oxygens (including phenoxy) is 21. The summed E-state index contributed by atoms with van der Waals surface area (Å²) in [5.41, 5.74) is 0. The molecule has 0 aromatic heterocycles. The Morgan fingerprint density at radius 3 is 0.563 bits per heavy atom. The maximum Gasteiger partial charge on any atom is 0.303 e. The van der Waals surface area contributed by atoms with E-state index in [9.17, 15) is 67.1 Å². The molecule has 35 nitrogen and oxygen atoms in total. The number of hydrogen-bond acceptors (Lipinski definition) is 35. The molecule has 0 aliphatic carbocycles. The Morgan fingerprint density at radius 2 is 0.368 bits per heavy atom. The lowest BCUT2D eigenvalue weighted by molar-refractivity contribution is -0.401. The first-order valence-electron chi connectivity index (χ1n) is 26.5. The smallest absolute Gasteiger partial charge is 0.303 e. The third-order valence-electron chi connectivity index (χ3n) is 12.0. The molecule has 4 heterocycles. The first kappa shape index (κ1) is 71.8. The highest BCUT2D eigenvalue weighted by molar-refractivity contribution is 5.71. The molecule has 0 saturated carbocycles. The molecule has 0 spiro atoms. The number of rotatable bonds is 24. The van der Waals surface area contributed by atoms with E-state index in [0.717, 1.165) is 96.9 Å². The molecular formula is C52H70O35. The van der Waals surface area contributed by atoms with E-state index in [2.05, 4.69) is 0 Å². The molecule has 4 aliphatic heterocycles. The second-order valence-corrected chi connectivity index (χ2v) is 19.5. The molecule has 0 bridgehead atoms. The third-order valence-corrected chi connectivity index (χ3v) is 12.0. The van der Waals surface area contributed by atoms with Crippen molar-refractivity contribution >= 4 is 83.6 Å². The van der Waals surface area contributed by atoms with E-state index in [1.165, 1.54) is 0 Å². The quantitative estimate of drug-likeness (QED) is 0.0763. The molecular weight excluding hydrogens is 1180 g/mol. The zero-order valence-corrected chi connectivity index (χ0v) is 49.7. The molecule has 4 fully saturated rings. The van der Waals surface area contributed by atoms with Gasteiger partial charge in [0.1, 0.15) is 63.1 Å². The van der Waals surface area contributed by atoms with Crippen molar-refractivity contribution < 1.29 is 167 Å². The van der Waals surface area contributed by atoms with Crippen LogP contribution in [0.25, 0.3) is 0 Å². The van der Waals surface area contributed by atoms with Crippen molar-refractivity contribution in [1.82, 2.24) is 0 Å². The van der Waals surface area contributed by atoms with Gasteiger partial charge in [0, 0.05) is 96.9 Å². The van der Waals surface area contributed by atoms with Crippen molar-refractivity contribution in [3.63, 3.8) is 0 Å². The van der Waals surface area contributed by atoms with Crippen LogP contribution in [-0.2, 0) is 167 Å². The van der Waals surface area contributed by atoms with Gasteiger partial charge in [0.05, 0.1) is 0 Å². The summed E-state index contributed by atoms with van der Waals surface area (Å²) in [7, 11) is 0. The van der Waals surface area contributed by atoms with Gasteiger partial charge in [-0.15, -0.1) is 0 Å². The van der Waals surface area contributed by atoms with Crippen molar-refractivity contribution in [2.24, 2.45) is 0 Å². The molecule has 0 radical (unpaired) electrons. The first-order chi connectivity index (χ1) is 40.6. The molecule has 35 heteroatoms. The van der Waals surface area contributed by atoms with Crippen molar-refractivity contribution in [2.45, 2.75) is 220 Å². The molecule has 4 aliphatic rings. The van der Waals surface area contributed by atoms with Crippen molar-refractivity contribution in [2.75, 3.05) is 26.4 Å². The summed E-state index contributed by atoms with van der Waals surface area (Å²) in [5, 5.41) is 0. The Balaban J connectivity index is 1.97. The lowest BCUT2D eigenvalue weighted by atomic mass is 9.95. The number of carbonyl (C=O) groups is 14. The minimum atomic E-state index is -2.23. The van der Waals surface area contributed by atoms with Gasteiger partial charge in [-0.2, -0.15) is 0 Å². The Labute approximate surface area is 495 Å². The van der Waals surface area contributed by atoms with Gasteiger partial charge in [-0.3, -0.25) is 67.1 Å². The van der Waals surface area contributed by atoms with E-state index in [1.54, 1.807) is 0 Å². The van der Waals surface area contributed by atoms with Gasteiger partial charge in [-0.05, 0) is 0 Å². The molecule has 4 saturated heterocycles. The van der Waals surface area contributed by atoms with Gasteiger partial charge in [-0.1, -0.05) is 0 Å². The predicted molar refractivity (Wildman–Crippen MR) is 268 cm³/mol. The fraction of sp³-hybridized carbons (Fsp3) is 0.731. The molecule has 0 N–H and O–H groups in total. The van der Waals surface area contributed by atoms with Crippen LogP contribution in [-0.4, -0.2) is 233 Å². The Morgan fingerprint density at radius 1 is 0.207 bits per heavy atom. The second kappa shape index (κ2) is 32.9. The minimum absolute atomic E-state index is 0.749. The summed E-state index contributed by atoms with van der Waals surface area (Å²) >= 11 is 0. The van der Waals surface area contributed by atoms with Gasteiger partial charge in [-0.25, -0.2) is 0 Å². The summed E-state index contributed by atoms with van der Waals surface area (Å²) in [6, 6.07) is 0. The fourth-order valence-electron chi connectivity index (χ4n) is 9.30. The monoisotopic (exact) mass is 1250 g/mol. The zero-order chi connectivity index (χ0) is 65.3. The SMILES string of the molecule is CC(=O)OC[C@H]1O[C@@H](O[C@@H]2[C@H](OC(C)=O)[C@@H](OC(C)=O)[C@H](O[C@@H]3O[C@H](COC(C)=O)[C@@H](O[C@@H]4O[C@H](COC(C)=O)[C@H](OC(C)=O)[C@H](OC(C)=O)[C@H]4OC(C)=O)[C@H](OC(C)=O)[C@H]3OC(C)=O)O[C@@H]2COC(C)=O)[C@H](OC(C)=O)[C@@H](OC(C)=O)[C@H]1OC(C)=O. The summed E-state index contributed by atoms with van der Waals surface area (Å²) in [5.74, 6) is -14.5. The average Bonchev–Trinajstić information content (AvgIpc) is 0.884. The van der Waals surface area contributed by atoms with Crippen LogP contribution in [0.2, 0.25) is 0 Å². The van der Waals surface area contributed by atoms with Gasteiger partial charge < -0.3 is 99.5 Å². The molecule has 0 amide bonds. The third kappa shape index (κ3) is 21.9. The van der Waals surface area contributed by atoms with Crippen molar-refractivity contribution in [3.05, 3.63) is 0 Å². The van der Waals surface area contributed by atoms with E-state index in [0.29, 0.717) is 0 Å². The number of hydrogen-bond donors (Lipinski definition) is 0. The molecule has 0 unspecified atom stereocenters. The molecule has 4 rings (SSSR count). The van der Waals surface area contributed by atoms with Crippen LogP contribution in [0.4, 0.5) is 0 Å². The molecule has 87 heavy (non-hydrogen) atoms. The highest BCUT2D eigenvalue weighted by atomic mass is 16.8. The largest absolute Gasteiger partial charge is 0.463 e. The predicted octanol–water partition coefficient (Wildman–Crippen LogP) is -1.76. The number of esters is 14. The summed E-state index contributed by atoms with van der Waals surface area (Å²) < 4.78 is 121.